The summed E-state index contributed by atoms with van der Waals surface area (Å²) < 4.78 is 13.0. The van der Waals surface area contributed by atoms with Crippen LogP contribution in [0.25, 0.3) is 0 Å². The van der Waals surface area contributed by atoms with Crippen LogP contribution >= 0.6 is 0 Å². The third-order valence-corrected chi connectivity index (χ3v) is 5.91. The number of halogens is 1. The van der Waals surface area contributed by atoms with Gasteiger partial charge < -0.3 is 4.90 Å². The van der Waals surface area contributed by atoms with E-state index in [-0.39, 0.29) is 5.82 Å². The highest BCUT2D eigenvalue weighted by molar-refractivity contribution is 5.59. The van der Waals surface area contributed by atoms with E-state index >= 15 is 0 Å². The molecule has 0 spiro atoms. The highest BCUT2D eigenvalue weighted by Gasteiger charge is 2.33. The minimum atomic E-state index is -0.207. The van der Waals surface area contributed by atoms with Crippen LogP contribution < -0.4 is 4.90 Å². The molecular weight excluding hydrogens is 369 g/mol. The number of aryl methyl sites for hydroxylation is 2. The van der Waals surface area contributed by atoms with Gasteiger partial charge in [0.15, 0.2) is 0 Å². The molecule has 30 heavy (non-hydrogen) atoms. The average molecular weight is 402 g/mol. The Morgan fingerprint density at radius 1 is 0.900 bits per heavy atom. The van der Waals surface area contributed by atoms with E-state index < -0.39 is 0 Å². The molecule has 0 radical (unpaired) electrons. The van der Waals surface area contributed by atoms with Crippen LogP contribution in [-0.2, 0) is 0 Å². The summed E-state index contributed by atoms with van der Waals surface area (Å²) in [5.74, 6) is 0.498. The summed E-state index contributed by atoms with van der Waals surface area (Å²) >= 11 is 0. The zero-order valence-electron chi connectivity index (χ0n) is 18.5. The summed E-state index contributed by atoms with van der Waals surface area (Å²) in [7, 11) is 0. The zero-order valence-corrected chi connectivity index (χ0v) is 18.5. The van der Waals surface area contributed by atoms with Gasteiger partial charge in [0.2, 0.25) is 0 Å². The minimum Gasteiger partial charge on any atom is -0.338 e. The number of hydrogen-bond acceptors (Lipinski definition) is 1. The Morgan fingerprint density at radius 3 is 1.93 bits per heavy atom. The van der Waals surface area contributed by atoms with Crippen molar-refractivity contribution in [3.05, 3.63) is 113 Å². The summed E-state index contributed by atoms with van der Waals surface area (Å²) in [6.45, 7) is 12.8. The van der Waals surface area contributed by atoms with Gasteiger partial charge in [-0.05, 0) is 61.6 Å². The predicted octanol–water partition coefficient (Wildman–Crippen LogP) is 8.11. The summed E-state index contributed by atoms with van der Waals surface area (Å²) in [5.41, 5.74) is 7.42. The van der Waals surface area contributed by atoms with Crippen LogP contribution in [0.15, 0.2) is 85.1 Å². The second-order valence-corrected chi connectivity index (χ2v) is 8.26. The van der Waals surface area contributed by atoms with Crippen molar-refractivity contribution in [1.82, 2.24) is 0 Å². The summed E-state index contributed by atoms with van der Waals surface area (Å²) in [4.78, 5) is 2.17. The Labute approximate surface area is 180 Å². The molecular formula is C28H32FN. The Kier molecular flexibility index (Phi) is 7.10. The fourth-order valence-electron chi connectivity index (χ4n) is 3.67. The van der Waals surface area contributed by atoms with Crippen LogP contribution in [0.5, 0.6) is 0 Å². The van der Waals surface area contributed by atoms with Crippen molar-refractivity contribution in [2.75, 3.05) is 4.90 Å². The highest BCUT2D eigenvalue weighted by Crippen LogP contribution is 2.44. The van der Waals surface area contributed by atoms with Gasteiger partial charge >= 0.3 is 0 Å². The van der Waals surface area contributed by atoms with E-state index in [0.717, 1.165) is 17.8 Å². The second-order valence-electron chi connectivity index (χ2n) is 8.26. The first-order valence-corrected chi connectivity index (χ1v) is 10.7. The van der Waals surface area contributed by atoms with Crippen LogP contribution in [0.4, 0.5) is 10.1 Å². The van der Waals surface area contributed by atoms with Crippen LogP contribution in [0, 0.1) is 19.7 Å². The van der Waals surface area contributed by atoms with E-state index in [1.807, 2.05) is 0 Å². The smallest absolute Gasteiger partial charge is 0.123 e. The Hall–Kier alpha value is -2.87. The first kappa shape index (κ1) is 21.8. The van der Waals surface area contributed by atoms with Gasteiger partial charge in [0.05, 0.1) is 6.04 Å². The van der Waals surface area contributed by atoms with E-state index in [0.29, 0.717) is 12.0 Å². The van der Waals surface area contributed by atoms with Gasteiger partial charge in [-0.25, -0.2) is 4.39 Å². The van der Waals surface area contributed by atoms with Crippen LogP contribution in [0.2, 0.25) is 0 Å². The van der Waals surface area contributed by atoms with E-state index in [2.05, 4.69) is 87.7 Å². The van der Waals surface area contributed by atoms with E-state index in [1.54, 1.807) is 12.1 Å². The Balaban J connectivity index is 0.000000199. The lowest BCUT2D eigenvalue weighted by Crippen LogP contribution is -2.38. The second kappa shape index (κ2) is 9.75. The molecule has 2 unspecified atom stereocenters. The van der Waals surface area contributed by atoms with Crippen molar-refractivity contribution in [2.45, 2.75) is 52.5 Å². The SMILES string of the molecule is C=C1CC(c2ccc(C)cc2)N1c1ccc(F)cc1.CCC(C)c1ccc(C)cc1. The molecule has 2 heteroatoms. The molecule has 1 aliphatic rings. The summed E-state index contributed by atoms with van der Waals surface area (Å²) in [6, 6.07) is 24.3. The molecule has 0 N–H and O–H groups in total. The molecule has 2 atom stereocenters. The molecule has 1 saturated heterocycles. The summed E-state index contributed by atoms with van der Waals surface area (Å²) in [5, 5.41) is 0. The van der Waals surface area contributed by atoms with Crippen LogP contribution in [0.1, 0.15) is 60.9 Å². The van der Waals surface area contributed by atoms with Gasteiger partial charge in [-0.1, -0.05) is 80.1 Å². The fraction of sp³-hybridized carbons (Fsp3) is 0.286. The van der Waals surface area contributed by atoms with Gasteiger partial charge in [0, 0.05) is 17.8 Å². The number of nitrogens with zero attached hydrogens (tertiary/aromatic N) is 1. The standard InChI is InChI=1S/C17H16FN.C11H16/c1-12-3-5-14(6-4-12)17-11-13(2)19(17)16-9-7-15(18)8-10-16;1-4-10(3)11-7-5-9(2)6-8-11/h3-10,17H,2,11H2,1H3;5-8,10H,4H2,1-3H3. The van der Waals surface area contributed by atoms with E-state index in [9.17, 15) is 4.39 Å². The number of anilines is 1. The van der Waals surface area contributed by atoms with Crippen LogP contribution in [-0.4, -0.2) is 0 Å². The van der Waals surface area contributed by atoms with Crippen molar-refractivity contribution in [1.29, 1.82) is 0 Å². The fourth-order valence-corrected chi connectivity index (χ4v) is 3.67. The molecule has 3 aromatic carbocycles. The monoisotopic (exact) mass is 401 g/mol. The lowest BCUT2D eigenvalue weighted by molar-refractivity contribution is 0.547. The van der Waals surface area contributed by atoms with Gasteiger partial charge in [-0.15, -0.1) is 0 Å². The van der Waals surface area contributed by atoms with Gasteiger partial charge in [-0.3, -0.25) is 0 Å². The molecule has 0 aromatic heterocycles. The number of benzene rings is 3. The van der Waals surface area contributed by atoms with Crippen molar-refractivity contribution in [2.24, 2.45) is 0 Å². The first-order valence-electron chi connectivity index (χ1n) is 10.7. The lowest BCUT2D eigenvalue weighted by atomic mass is 9.90. The average Bonchev–Trinajstić information content (AvgIpc) is 2.75. The Morgan fingerprint density at radius 2 is 1.43 bits per heavy atom. The third-order valence-electron chi connectivity index (χ3n) is 5.91. The molecule has 4 rings (SSSR count). The number of rotatable bonds is 4. The van der Waals surface area contributed by atoms with E-state index in [1.165, 1.54) is 40.8 Å². The molecule has 0 bridgehead atoms. The number of hydrogen-bond donors (Lipinski definition) is 0. The van der Waals surface area contributed by atoms with Crippen molar-refractivity contribution < 1.29 is 4.39 Å². The van der Waals surface area contributed by atoms with Gasteiger partial charge in [-0.2, -0.15) is 0 Å². The highest BCUT2D eigenvalue weighted by atomic mass is 19.1. The minimum absolute atomic E-state index is 0.207. The molecule has 0 aliphatic carbocycles. The lowest BCUT2D eigenvalue weighted by Gasteiger charge is -2.45. The zero-order chi connectivity index (χ0) is 21.7. The normalized spacial score (nSPS) is 16.4. The van der Waals surface area contributed by atoms with Crippen molar-refractivity contribution in [3.63, 3.8) is 0 Å². The Bertz CT molecular complexity index is 955. The first-order chi connectivity index (χ1) is 14.4. The predicted molar refractivity (Wildman–Crippen MR) is 126 cm³/mol. The van der Waals surface area contributed by atoms with E-state index in [4.69, 9.17) is 0 Å². The topological polar surface area (TPSA) is 3.24 Å². The van der Waals surface area contributed by atoms with Crippen molar-refractivity contribution in [3.8, 4) is 0 Å². The molecule has 1 nitrogen and oxygen atoms in total. The molecule has 0 saturated carbocycles. The van der Waals surface area contributed by atoms with Gasteiger partial charge in [0.25, 0.3) is 0 Å². The molecule has 1 fully saturated rings. The molecule has 1 aliphatic heterocycles. The molecule has 0 amide bonds. The maximum absolute atomic E-state index is 13.0. The quantitative estimate of drug-likeness (QED) is 0.427. The largest absolute Gasteiger partial charge is 0.338 e. The molecule has 3 aromatic rings. The summed E-state index contributed by atoms with van der Waals surface area (Å²) in [6.07, 6.45) is 2.18. The molecule has 156 valence electrons. The van der Waals surface area contributed by atoms with Gasteiger partial charge in [0.1, 0.15) is 5.82 Å². The van der Waals surface area contributed by atoms with Crippen LogP contribution in [0.3, 0.4) is 0 Å². The van der Waals surface area contributed by atoms with Crippen molar-refractivity contribution >= 4 is 5.69 Å². The third kappa shape index (κ3) is 5.18. The maximum Gasteiger partial charge on any atom is 0.123 e. The maximum atomic E-state index is 13.0. The molecule has 1 heterocycles.